The van der Waals surface area contributed by atoms with Crippen molar-refractivity contribution in [2.45, 2.75) is 44.3 Å². The lowest BCUT2D eigenvalue weighted by Crippen LogP contribution is -2.02. The van der Waals surface area contributed by atoms with Crippen LogP contribution >= 0.6 is 11.8 Å². The molecular formula is C20H25N5S. The number of nitrogen functional groups attached to an aromatic ring is 1. The Morgan fingerprint density at radius 3 is 2.81 bits per heavy atom. The van der Waals surface area contributed by atoms with Crippen LogP contribution in [0.5, 0.6) is 0 Å². The zero-order valence-corrected chi connectivity index (χ0v) is 16.0. The van der Waals surface area contributed by atoms with Gasteiger partial charge in [-0.15, -0.1) is 0 Å². The molecule has 0 radical (unpaired) electrons. The van der Waals surface area contributed by atoms with Crippen LogP contribution in [0.1, 0.15) is 31.7 Å². The van der Waals surface area contributed by atoms with E-state index in [1.54, 1.807) is 11.8 Å². The van der Waals surface area contributed by atoms with E-state index in [1.165, 1.54) is 5.56 Å². The van der Waals surface area contributed by atoms with Gasteiger partial charge in [-0.2, -0.15) is 0 Å². The zero-order valence-electron chi connectivity index (χ0n) is 15.1. The number of anilines is 1. The van der Waals surface area contributed by atoms with Gasteiger partial charge in [0.05, 0.1) is 6.33 Å². The molecule has 3 aromatic rings. The van der Waals surface area contributed by atoms with Crippen LogP contribution in [0.2, 0.25) is 0 Å². The average molecular weight is 368 g/mol. The van der Waals surface area contributed by atoms with Gasteiger partial charge in [-0.3, -0.25) is 0 Å². The van der Waals surface area contributed by atoms with Crippen LogP contribution in [0.15, 0.2) is 54.0 Å². The predicted octanol–water partition coefficient (Wildman–Crippen LogP) is 4.49. The van der Waals surface area contributed by atoms with Gasteiger partial charge >= 0.3 is 0 Å². The van der Waals surface area contributed by atoms with Crippen LogP contribution in [0.4, 0.5) is 5.82 Å². The highest BCUT2D eigenvalue weighted by Gasteiger charge is 2.11. The van der Waals surface area contributed by atoms with Crippen LogP contribution in [0.3, 0.4) is 0 Å². The monoisotopic (exact) mass is 367 g/mol. The summed E-state index contributed by atoms with van der Waals surface area (Å²) < 4.78 is 2.08. The second-order valence-corrected chi connectivity index (χ2v) is 7.17. The Labute approximate surface area is 158 Å². The predicted molar refractivity (Wildman–Crippen MR) is 109 cm³/mol. The van der Waals surface area contributed by atoms with E-state index in [0.717, 1.165) is 48.8 Å². The van der Waals surface area contributed by atoms with E-state index in [4.69, 9.17) is 10.7 Å². The lowest BCUT2D eigenvalue weighted by molar-refractivity contribution is 0.658. The number of hydrogen-bond acceptors (Lipinski definition) is 5. The highest BCUT2D eigenvalue weighted by molar-refractivity contribution is 7.99. The Balaban J connectivity index is 1.65. The first-order chi connectivity index (χ1) is 12.8. The first-order valence-electron chi connectivity index (χ1n) is 9.08. The van der Waals surface area contributed by atoms with Crippen molar-refractivity contribution < 1.29 is 0 Å². The Morgan fingerprint density at radius 2 is 2.00 bits per heavy atom. The molecule has 0 bridgehead atoms. The number of aromatic nitrogens is 4. The smallest absolute Gasteiger partial charge is 0.191 e. The summed E-state index contributed by atoms with van der Waals surface area (Å²) >= 11 is 1.64. The quantitative estimate of drug-likeness (QED) is 0.261. The molecule has 0 aliphatic heterocycles. The third kappa shape index (κ3) is 4.85. The van der Waals surface area contributed by atoms with Crippen molar-refractivity contribution in [2.75, 3.05) is 11.5 Å². The topological polar surface area (TPSA) is 69.6 Å². The van der Waals surface area contributed by atoms with Gasteiger partial charge in [-0.25, -0.2) is 15.0 Å². The number of benzene rings is 1. The molecule has 0 amide bonds. The number of imidazole rings is 1. The first kappa shape index (κ1) is 18.5. The Kier molecular flexibility index (Phi) is 6.66. The third-order valence-corrected chi connectivity index (χ3v) is 4.96. The van der Waals surface area contributed by atoms with Gasteiger partial charge < -0.3 is 10.3 Å². The van der Waals surface area contributed by atoms with E-state index in [2.05, 4.69) is 57.9 Å². The van der Waals surface area contributed by atoms with Crippen molar-refractivity contribution >= 4 is 28.7 Å². The highest BCUT2D eigenvalue weighted by atomic mass is 32.2. The fourth-order valence-electron chi connectivity index (χ4n) is 2.74. The molecule has 0 aliphatic rings. The number of rotatable bonds is 9. The van der Waals surface area contributed by atoms with Crippen LogP contribution in [0.25, 0.3) is 11.2 Å². The molecule has 0 saturated carbocycles. The van der Waals surface area contributed by atoms with Gasteiger partial charge in [0, 0.05) is 12.3 Å². The van der Waals surface area contributed by atoms with Gasteiger partial charge in [-0.05, 0) is 31.2 Å². The molecular weight excluding hydrogens is 342 g/mol. The summed E-state index contributed by atoms with van der Waals surface area (Å²) in [7, 11) is 0. The Hall–Kier alpha value is -2.34. The minimum Gasteiger partial charge on any atom is -0.382 e. The van der Waals surface area contributed by atoms with Crippen molar-refractivity contribution in [3.05, 3.63) is 54.4 Å². The molecule has 26 heavy (non-hydrogen) atoms. The van der Waals surface area contributed by atoms with Gasteiger partial charge in [-0.1, -0.05) is 61.2 Å². The maximum absolute atomic E-state index is 6.10. The van der Waals surface area contributed by atoms with E-state index in [9.17, 15) is 0 Å². The molecule has 0 atom stereocenters. The Bertz CT molecular complexity index is 857. The van der Waals surface area contributed by atoms with Crippen LogP contribution in [-0.4, -0.2) is 25.3 Å². The molecule has 2 heterocycles. The maximum atomic E-state index is 6.10. The maximum Gasteiger partial charge on any atom is 0.191 e. The molecule has 0 spiro atoms. The summed E-state index contributed by atoms with van der Waals surface area (Å²) in [4.78, 5) is 13.5. The van der Waals surface area contributed by atoms with E-state index in [-0.39, 0.29) is 0 Å². The molecule has 3 rings (SSSR count). The molecule has 0 unspecified atom stereocenters. The molecule has 2 aromatic heterocycles. The first-order valence-corrected chi connectivity index (χ1v) is 10.1. The minimum atomic E-state index is 0.460. The van der Waals surface area contributed by atoms with E-state index >= 15 is 0 Å². The summed E-state index contributed by atoms with van der Waals surface area (Å²) in [6.07, 6.45) is 10.4. The van der Waals surface area contributed by atoms with Gasteiger partial charge in [0.1, 0.15) is 5.52 Å². The van der Waals surface area contributed by atoms with Gasteiger partial charge in [0.25, 0.3) is 0 Å². The number of nitrogens with zero attached hydrogens (tertiary/aromatic N) is 4. The number of thioether (sulfide) groups is 1. The summed E-state index contributed by atoms with van der Waals surface area (Å²) in [5.41, 5.74) is 8.94. The van der Waals surface area contributed by atoms with Crippen LogP contribution in [-0.2, 0) is 13.0 Å². The van der Waals surface area contributed by atoms with Crippen molar-refractivity contribution in [1.29, 1.82) is 0 Å². The van der Waals surface area contributed by atoms with Crippen molar-refractivity contribution in [3.8, 4) is 0 Å². The number of hydrogen-bond donors (Lipinski definition) is 1. The van der Waals surface area contributed by atoms with E-state index in [1.807, 2.05) is 12.4 Å². The molecule has 5 nitrogen and oxygen atoms in total. The highest BCUT2D eigenvalue weighted by Crippen LogP contribution is 2.22. The lowest BCUT2D eigenvalue weighted by atomic mass is 10.2. The van der Waals surface area contributed by atoms with E-state index < -0.39 is 0 Å². The largest absolute Gasteiger partial charge is 0.382 e. The number of fused-ring (bicyclic) bond motifs is 1. The molecule has 136 valence electrons. The zero-order chi connectivity index (χ0) is 18.2. The number of allylic oxidation sites excluding steroid dienone is 2. The second kappa shape index (κ2) is 9.38. The second-order valence-electron chi connectivity index (χ2n) is 6.11. The molecule has 0 fully saturated rings. The lowest BCUT2D eigenvalue weighted by Gasteiger charge is -2.05. The molecule has 1 aromatic carbocycles. The van der Waals surface area contributed by atoms with Crippen molar-refractivity contribution in [2.24, 2.45) is 0 Å². The number of unbranched alkanes of at least 4 members (excludes halogenated alkanes) is 1. The van der Waals surface area contributed by atoms with Gasteiger partial charge in [0.15, 0.2) is 16.6 Å². The SMILES string of the molecule is CCC=CCCCn1cnc2c(N)nc(SCCc3ccccc3)nc21. The number of nitrogens with two attached hydrogens (primary N) is 1. The van der Waals surface area contributed by atoms with Crippen LogP contribution in [0, 0.1) is 0 Å². The number of aryl methyl sites for hydroxylation is 2. The third-order valence-electron chi connectivity index (χ3n) is 4.11. The molecule has 0 aliphatic carbocycles. The van der Waals surface area contributed by atoms with E-state index in [0.29, 0.717) is 11.3 Å². The fraction of sp³-hybridized carbons (Fsp3) is 0.350. The summed E-state index contributed by atoms with van der Waals surface area (Å²) in [6, 6.07) is 10.4. The molecule has 2 N–H and O–H groups in total. The van der Waals surface area contributed by atoms with Gasteiger partial charge in [0.2, 0.25) is 0 Å². The normalized spacial score (nSPS) is 11.6. The van der Waals surface area contributed by atoms with Crippen molar-refractivity contribution in [1.82, 2.24) is 19.5 Å². The summed E-state index contributed by atoms with van der Waals surface area (Å²) in [6.45, 7) is 3.03. The Morgan fingerprint density at radius 1 is 1.15 bits per heavy atom. The fourth-order valence-corrected chi connectivity index (χ4v) is 3.58. The summed E-state index contributed by atoms with van der Waals surface area (Å²) in [5, 5.41) is 0.721. The van der Waals surface area contributed by atoms with Crippen molar-refractivity contribution in [3.63, 3.8) is 0 Å². The molecule has 0 saturated heterocycles. The molecule has 6 heteroatoms. The minimum absolute atomic E-state index is 0.460. The summed E-state index contributed by atoms with van der Waals surface area (Å²) in [5.74, 6) is 1.38. The average Bonchev–Trinajstić information content (AvgIpc) is 3.06. The standard InChI is InChI=1S/C20H25N5S/c1-2-3-4-5-9-13-25-15-22-17-18(21)23-20(24-19(17)25)26-14-12-16-10-7-6-8-11-16/h3-4,6-8,10-11,15H,2,5,9,12-14H2,1H3,(H2,21,23,24). The van der Waals surface area contributed by atoms with Crippen LogP contribution < -0.4 is 5.73 Å².